The molecule has 158 valence electrons. The van der Waals surface area contributed by atoms with Crippen LogP contribution in [0.3, 0.4) is 0 Å². The minimum atomic E-state index is -0.331. The van der Waals surface area contributed by atoms with Crippen molar-refractivity contribution < 1.29 is 9.53 Å². The molecule has 0 saturated heterocycles. The van der Waals surface area contributed by atoms with Crippen LogP contribution in [-0.4, -0.2) is 22.0 Å². The summed E-state index contributed by atoms with van der Waals surface area (Å²) in [6.45, 7) is 1.80. The lowest BCUT2D eigenvalue weighted by molar-refractivity contribution is 0.0216. The van der Waals surface area contributed by atoms with Crippen LogP contribution >= 0.6 is 11.3 Å². The molecule has 1 saturated carbocycles. The van der Waals surface area contributed by atoms with E-state index in [1.165, 1.54) is 17.8 Å². The first kappa shape index (κ1) is 19.9. The van der Waals surface area contributed by atoms with Crippen molar-refractivity contribution in [3.8, 4) is 0 Å². The van der Waals surface area contributed by atoms with Gasteiger partial charge in [-0.2, -0.15) is 0 Å². The molecule has 0 bridgehead atoms. The molecule has 31 heavy (non-hydrogen) atoms. The maximum absolute atomic E-state index is 12.9. The summed E-state index contributed by atoms with van der Waals surface area (Å²) in [4.78, 5) is 34.4. The summed E-state index contributed by atoms with van der Waals surface area (Å²) < 4.78 is 5.73. The van der Waals surface area contributed by atoms with E-state index < -0.39 is 0 Å². The van der Waals surface area contributed by atoms with Crippen molar-refractivity contribution in [1.29, 1.82) is 0 Å². The molecule has 6 heteroatoms. The molecule has 5 nitrogen and oxygen atoms in total. The maximum atomic E-state index is 12.9. The quantitative estimate of drug-likeness (QED) is 0.431. The molecule has 0 spiro atoms. The smallest absolute Gasteiger partial charge is 0.348 e. The number of ether oxygens (including phenoxy) is 1. The van der Waals surface area contributed by atoms with Crippen LogP contribution in [0.2, 0.25) is 0 Å². The molecule has 1 aliphatic rings. The lowest BCUT2D eigenvalue weighted by Crippen LogP contribution is -2.20. The van der Waals surface area contributed by atoms with Gasteiger partial charge in [-0.15, -0.1) is 11.3 Å². The Morgan fingerprint density at radius 2 is 1.90 bits per heavy atom. The van der Waals surface area contributed by atoms with E-state index in [0.717, 1.165) is 42.0 Å². The van der Waals surface area contributed by atoms with Gasteiger partial charge in [-0.1, -0.05) is 48.9 Å². The van der Waals surface area contributed by atoms with E-state index in [4.69, 9.17) is 9.72 Å². The number of hydrogen-bond donors (Lipinski definition) is 1. The van der Waals surface area contributed by atoms with Gasteiger partial charge >= 0.3 is 5.97 Å². The molecule has 2 heterocycles. The third-order valence-electron chi connectivity index (χ3n) is 6.10. The summed E-state index contributed by atoms with van der Waals surface area (Å²) in [5.41, 5.74) is 1.56. The number of carbonyl (C=O) groups is 1. The zero-order chi connectivity index (χ0) is 21.4. The van der Waals surface area contributed by atoms with Crippen LogP contribution in [0.25, 0.3) is 21.0 Å². The third kappa shape index (κ3) is 3.88. The summed E-state index contributed by atoms with van der Waals surface area (Å²) in [6.07, 6.45) is 5.75. The largest absolute Gasteiger partial charge is 0.458 e. The van der Waals surface area contributed by atoms with Crippen molar-refractivity contribution >= 4 is 38.3 Å². The van der Waals surface area contributed by atoms with Crippen molar-refractivity contribution in [2.24, 2.45) is 0 Å². The average Bonchev–Trinajstić information content (AvgIpc) is 3.11. The topological polar surface area (TPSA) is 72.0 Å². The number of benzene rings is 2. The second-order valence-electron chi connectivity index (χ2n) is 8.23. The molecule has 1 N–H and O–H groups in total. The SMILES string of the molecule is Cc1c(C(=O)OC2CCCCC2)sc2nc(Cc3cccc4ccccc34)[nH]c(=O)c12. The van der Waals surface area contributed by atoms with E-state index in [1.807, 2.05) is 18.2 Å². The van der Waals surface area contributed by atoms with E-state index >= 15 is 0 Å². The Balaban J connectivity index is 1.48. The highest BCUT2D eigenvalue weighted by molar-refractivity contribution is 7.20. The van der Waals surface area contributed by atoms with Crippen LogP contribution in [0.4, 0.5) is 0 Å². The number of fused-ring (bicyclic) bond motifs is 2. The van der Waals surface area contributed by atoms with Crippen molar-refractivity contribution in [1.82, 2.24) is 9.97 Å². The van der Waals surface area contributed by atoms with E-state index in [1.54, 1.807) is 6.92 Å². The van der Waals surface area contributed by atoms with Gasteiger partial charge < -0.3 is 9.72 Å². The molecule has 4 aromatic rings. The maximum Gasteiger partial charge on any atom is 0.348 e. The number of carbonyl (C=O) groups excluding carboxylic acids is 1. The van der Waals surface area contributed by atoms with Crippen LogP contribution < -0.4 is 5.56 Å². The first-order valence-electron chi connectivity index (χ1n) is 10.8. The van der Waals surface area contributed by atoms with Crippen LogP contribution in [0.1, 0.15) is 58.7 Å². The Hall–Kier alpha value is -2.99. The predicted molar refractivity (Wildman–Crippen MR) is 124 cm³/mol. The number of aromatic amines is 1. The van der Waals surface area contributed by atoms with E-state index in [2.05, 4.69) is 29.2 Å². The van der Waals surface area contributed by atoms with Crippen molar-refractivity contribution in [3.63, 3.8) is 0 Å². The molecule has 0 atom stereocenters. The molecule has 0 unspecified atom stereocenters. The van der Waals surface area contributed by atoms with E-state index in [-0.39, 0.29) is 17.6 Å². The molecule has 0 radical (unpaired) electrons. The fourth-order valence-electron chi connectivity index (χ4n) is 4.48. The minimum absolute atomic E-state index is 0.0148. The molecular weight excluding hydrogens is 408 g/mol. The zero-order valence-corrected chi connectivity index (χ0v) is 18.3. The molecule has 1 fully saturated rings. The number of nitrogens with one attached hydrogen (secondary N) is 1. The highest BCUT2D eigenvalue weighted by Gasteiger charge is 2.24. The van der Waals surface area contributed by atoms with Gasteiger partial charge in [-0.25, -0.2) is 9.78 Å². The molecule has 5 rings (SSSR count). The lowest BCUT2D eigenvalue weighted by Gasteiger charge is -2.21. The summed E-state index contributed by atoms with van der Waals surface area (Å²) >= 11 is 1.26. The van der Waals surface area contributed by atoms with Crippen molar-refractivity contribution in [2.45, 2.75) is 51.6 Å². The second-order valence-corrected chi connectivity index (χ2v) is 9.23. The van der Waals surface area contributed by atoms with Gasteiger partial charge in [0.15, 0.2) is 0 Å². The number of nitrogens with zero attached hydrogens (tertiary/aromatic N) is 1. The Morgan fingerprint density at radius 3 is 2.74 bits per heavy atom. The zero-order valence-electron chi connectivity index (χ0n) is 17.4. The fraction of sp³-hybridized carbons (Fsp3) is 0.320. The Labute approximate surface area is 184 Å². The van der Waals surface area contributed by atoms with Crippen LogP contribution in [0.5, 0.6) is 0 Å². The molecular formula is C25H24N2O3S. The number of H-pyrrole nitrogens is 1. The number of aromatic nitrogens is 2. The van der Waals surface area contributed by atoms with Gasteiger partial charge in [-0.05, 0) is 54.5 Å². The predicted octanol–water partition coefficient (Wildman–Crippen LogP) is 5.53. The number of hydrogen-bond acceptors (Lipinski definition) is 5. The number of rotatable bonds is 4. The number of aryl methyl sites for hydroxylation is 1. The van der Waals surface area contributed by atoms with Gasteiger partial charge in [-0.3, -0.25) is 4.79 Å². The highest BCUT2D eigenvalue weighted by Crippen LogP contribution is 2.30. The van der Waals surface area contributed by atoms with E-state index in [0.29, 0.717) is 32.9 Å². The lowest BCUT2D eigenvalue weighted by atomic mass is 9.98. The first-order valence-corrected chi connectivity index (χ1v) is 11.6. The van der Waals surface area contributed by atoms with Gasteiger partial charge in [0, 0.05) is 6.42 Å². The molecule has 1 aliphatic carbocycles. The first-order chi connectivity index (χ1) is 15.1. The van der Waals surface area contributed by atoms with Gasteiger partial charge in [0.1, 0.15) is 21.6 Å². The number of esters is 1. The number of thiophene rings is 1. The van der Waals surface area contributed by atoms with Gasteiger partial charge in [0.05, 0.1) is 5.39 Å². The fourth-order valence-corrected chi connectivity index (χ4v) is 5.57. The van der Waals surface area contributed by atoms with Crippen molar-refractivity contribution in [3.05, 3.63) is 74.6 Å². The monoisotopic (exact) mass is 432 g/mol. The third-order valence-corrected chi connectivity index (χ3v) is 7.26. The minimum Gasteiger partial charge on any atom is -0.458 e. The van der Waals surface area contributed by atoms with Crippen LogP contribution in [0, 0.1) is 6.92 Å². The normalized spacial score (nSPS) is 14.9. The van der Waals surface area contributed by atoms with Crippen molar-refractivity contribution in [2.75, 3.05) is 0 Å². The average molecular weight is 433 g/mol. The highest BCUT2D eigenvalue weighted by atomic mass is 32.1. The summed E-state index contributed by atoms with van der Waals surface area (Å²) in [7, 11) is 0. The summed E-state index contributed by atoms with van der Waals surface area (Å²) in [5, 5.41) is 2.79. The second kappa shape index (κ2) is 8.27. The van der Waals surface area contributed by atoms with Gasteiger partial charge in [0.25, 0.3) is 5.56 Å². The van der Waals surface area contributed by atoms with Crippen LogP contribution in [-0.2, 0) is 11.2 Å². The molecule has 0 amide bonds. The Morgan fingerprint density at radius 1 is 1.13 bits per heavy atom. The summed E-state index contributed by atoms with van der Waals surface area (Å²) in [5.74, 6) is 0.268. The molecule has 0 aliphatic heterocycles. The Kier molecular flexibility index (Phi) is 5.32. The van der Waals surface area contributed by atoms with Crippen LogP contribution in [0.15, 0.2) is 47.3 Å². The Bertz CT molecular complexity index is 1330. The van der Waals surface area contributed by atoms with Gasteiger partial charge in [0.2, 0.25) is 0 Å². The standard InChI is InChI=1S/C25H24N2O3S/c1-15-21-23(28)26-20(14-17-10-7-9-16-8-5-6-13-19(16)17)27-24(21)31-22(15)25(29)30-18-11-3-2-4-12-18/h5-10,13,18H,2-4,11-12,14H2,1H3,(H,26,27,28). The van der Waals surface area contributed by atoms with E-state index in [9.17, 15) is 9.59 Å². The molecule has 2 aromatic carbocycles. The molecule has 2 aromatic heterocycles. The summed E-state index contributed by atoms with van der Waals surface area (Å²) in [6, 6.07) is 14.3.